The molecule has 2 aromatic rings. The summed E-state index contributed by atoms with van der Waals surface area (Å²) in [6.45, 7) is 2.72. The Morgan fingerprint density at radius 3 is 2.64 bits per heavy atom. The predicted molar refractivity (Wildman–Crippen MR) is 96.4 cm³/mol. The Kier molecular flexibility index (Phi) is 6.39. The van der Waals surface area contributed by atoms with Crippen LogP contribution in [-0.2, 0) is 0 Å². The third kappa shape index (κ3) is 4.84. The van der Waals surface area contributed by atoms with Crippen molar-refractivity contribution in [1.82, 2.24) is 5.43 Å². The van der Waals surface area contributed by atoms with Crippen LogP contribution in [0.25, 0.3) is 0 Å². The highest BCUT2D eigenvalue weighted by atomic mass is 127. The Hall–Kier alpha value is -1.89. The van der Waals surface area contributed by atoms with E-state index in [1.165, 1.54) is 0 Å². The van der Waals surface area contributed by atoms with Gasteiger partial charge in [0.2, 0.25) is 0 Å². The Balaban J connectivity index is 1.93. The molecular formula is C17H17IN2O2. The minimum absolute atomic E-state index is 0.246. The molecule has 5 heteroatoms. The fraction of sp³-hybridized carbons (Fsp3) is 0.176. The predicted octanol–water partition coefficient (Wildman–Crippen LogP) is 3.84. The topological polar surface area (TPSA) is 50.7 Å². The Morgan fingerprint density at radius 2 is 1.95 bits per heavy atom. The van der Waals surface area contributed by atoms with Gasteiger partial charge in [0.05, 0.1) is 12.8 Å². The highest BCUT2D eigenvalue weighted by molar-refractivity contribution is 14.1. The zero-order valence-electron chi connectivity index (χ0n) is 12.3. The summed E-state index contributed by atoms with van der Waals surface area (Å²) in [7, 11) is 0. The van der Waals surface area contributed by atoms with Crippen LogP contribution in [0.2, 0.25) is 0 Å². The number of nitrogens with zero attached hydrogens (tertiary/aromatic N) is 1. The first kappa shape index (κ1) is 16.5. The average molecular weight is 408 g/mol. The van der Waals surface area contributed by atoms with Crippen molar-refractivity contribution in [2.75, 3.05) is 6.61 Å². The number of hydrogen-bond donors (Lipinski definition) is 1. The monoisotopic (exact) mass is 408 g/mol. The summed E-state index contributed by atoms with van der Waals surface area (Å²) in [6.07, 6.45) is 2.59. The first-order valence-corrected chi connectivity index (χ1v) is 8.09. The van der Waals surface area contributed by atoms with Gasteiger partial charge in [-0.25, -0.2) is 5.43 Å². The molecular weight excluding hydrogens is 391 g/mol. The van der Waals surface area contributed by atoms with Gasteiger partial charge in [0, 0.05) is 14.7 Å². The SMILES string of the molecule is CCCOc1ccc(C(=O)N/N=C\c2ccccc2I)cc1. The van der Waals surface area contributed by atoms with Crippen molar-refractivity contribution in [3.05, 3.63) is 63.2 Å². The van der Waals surface area contributed by atoms with Crippen LogP contribution in [0.15, 0.2) is 53.6 Å². The van der Waals surface area contributed by atoms with E-state index in [-0.39, 0.29) is 5.91 Å². The molecule has 0 aromatic heterocycles. The lowest BCUT2D eigenvalue weighted by atomic mass is 10.2. The zero-order valence-corrected chi connectivity index (χ0v) is 14.4. The van der Waals surface area contributed by atoms with Gasteiger partial charge in [0.15, 0.2) is 0 Å². The second-order valence-corrected chi connectivity index (χ2v) is 5.76. The van der Waals surface area contributed by atoms with E-state index in [4.69, 9.17) is 4.74 Å². The van der Waals surface area contributed by atoms with Gasteiger partial charge in [-0.2, -0.15) is 5.10 Å². The highest BCUT2D eigenvalue weighted by Crippen LogP contribution is 2.12. The largest absolute Gasteiger partial charge is 0.494 e. The maximum Gasteiger partial charge on any atom is 0.271 e. The van der Waals surface area contributed by atoms with Gasteiger partial charge in [-0.1, -0.05) is 25.1 Å². The molecule has 0 aliphatic heterocycles. The summed E-state index contributed by atoms with van der Waals surface area (Å²) >= 11 is 2.23. The molecule has 2 rings (SSSR count). The third-order valence-electron chi connectivity index (χ3n) is 2.86. The van der Waals surface area contributed by atoms with Crippen molar-refractivity contribution >= 4 is 34.7 Å². The van der Waals surface area contributed by atoms with Crippen LogP contribution in [0.3, 0.4) is 0 Å². The van der Waals surface area contributed by atoms with Gasteiger partial charge >= 0.3 is 0 Å². The summed E-state index contributed by atoms with van der Waals surface area (Å²) in [5, 5.41) is 3.99. The summed E-state index contributed by atoms with van der Waals surface area (Å²) in [5.74, 6) is 0.518. The maximum absolute atomic E-state index is 12.0. The van der Waals surface area contributed by atoms with E-state index in [1.807, 2.05) is 31.2 Å². The molecule has 0 fully saturated rings. The van der Waals surface area contributed by atoms with Crippen molar-refractivity contribution in [1.29, 1.82) is 0 Å². The molecule has 0 unspecified atom stereocenters. The smallest absolute Gasteiger partial charge is 0.271 e. The van der Waals surface area contributed by atoms with Crippen molar-refractivity contribution in [3.63, 3.8) is 0 Å². The molecule has 22 heavy (non-hydrogen) atoms. The number of amides is 1. The first-order chi connectivity index (χ1) is 10.7. The molecule has 1 amide bonds. The van der Waals surface area contributed by atoms with Gasteiger partial charge in [-0.15, -0.1) is 0 Å². The average Bonchev–Trinajstić information content (AvgIpc) is 2.55. The lowest BCUT2D eigenvalue weighted by Crippen LogP contribution is -2.17. The first-order valence-electron chi connectivity index (χ1n) is 7.01. The summed E-state index contributed by atoms with van der Waals surface area (Å²) in [5.41, 5.74) is 4.03. The fourth-order valence-electron chi connectivity index (χ4n) is 1.73. The van der Waals surface area contributed by atoms with E-state index in [2.05, 4.69) is 33.1 Å². The summed E-state index contributed by atoms with van der Waals surface area (Å²) in [4.78, 5) is 12.0. The Morgan fingerprint density at radius 1 is 1.23 bits per heavy atom. The van der Waals surface area contributed by atoms with Crippen LogP contribution in [0.4, 0.5) is 0 Å². The van der Waals surface area contributed by atoms with Gasteiger partial charge in [0.1, 0.15) is 5.75 Å². The van der Waals surface area contributed by atoms with E-state index in [0.29, 0.717) is 12.2 Å². The number of hydrazone groups is 1. The molecule has 0 bridgehead atoms. The van der Waals surface area contributed by atoms with Crippen molar-refractivity contribution < 1.29 is 9.53 Å². The highest BCUT2D eigenvalue weighted by Gasteiger charge is 2.04. The van der Waals surface area contributed by atoms with Crippen LogP contribution in [0.1, 0.15) is 29.3 Å². The standard InChI is InChI=1S/C17H17IN2O2/c1-2-11-22-15-9-7-13(8-10-15)17(21)20-19-12-14-5-3-4-6-16(14)18/h3-10,12H,2,11H2,1H3,(H,20,21)/b19-12-. The molecule has 2 aromatic carbocycles. The molecule has 0 heterocycles. The maximum atomic E-state index is 12.0. The van der Waals surface area contributed by atoms with Crippen LogP contribution in [0, 0.1) is 3.57 Å². The van der Waals surface area contributed by atoms with Gasteiger partial charge < -0.3 is 4.74 Å². The molecule has 0 radical (unpaired) electrons. The van der Waals surface area contributed by atoms with Crippen LogP contribution >= 0.6 is 22.6 Å². The number of rotatable bonds is 6. The van der Waals surface area contributed by atoms with Crippen molar-refractivity contribution in [2.24, 2.45) is 5.10 Å². The molecule has 4 nitrogen and oxygen atoms in total. The second kappa shape index (κ2) is 8.53. The molecule has 1 N–H and O–H groups in total. The molecule has 0 saturated carbocycles. The van der Waals surface area contributed by atoms with Gasteiger partial charge in [-0.05, 0) is 59.3 Å². The fourth-order valence-corrected chi connectivity index (χ4v) is 2.25. The van der Waals surface area contributed by atoms with Crippen molar-refractivity contribution in [2.45, 2.75) is 13.3 Å². The number of halogens is 1. The third-order valence-corrected chi connectivity index (χ3v) is 3.85. The van der Waals surface area contributed by atoms with Gasteiger partial charge in [-0.3, -0.25) is 4.79 Å². The van der Waals surface area contributed by atoms with Crippen LogP contribution < -0.4 is 10.2 Å². The minimum Gasteiger partial charge on any atom is -0.494 e. The Bertz CT molecular complexity index is 654. The lowest BCUT2D eigenvalue weighted by molar-refractivity contribution is 0.0955. The molecule has 0 aliphatic rings. The number of nitrogens with one attached hydrogen (secondary N) is 1. The summed E-state index contributed by atoms with van der Waals surface area (Å²) in [6, 6.07) is 14.8. The number of ether oxygens (including phenoxy) is 1. The number of carbonyl (C=O) groups excluding carboxylic acids is 1. The lowest BCUT2D eigenvalue weighted by Gasteiger charge is -2.05. The summed E-state index contributed by atoms with van der Waals surface area (Å²) < 4.78 is 6.56. The molecule has 0 atom stereocenters. The molecule has 114 valence electrons. The van der Waals surface area contributed by atoms with E-state index >= 15 is 0 Å². The van der Waals surface area contributed by atoms with Gasteiger partial charge in [0.25, 0.3) is 5.91 Å². The minimum atomic E-state index is -0.246. The molecule has 0 saturated heterocycles. The van der Waals surface area contributed by atoms with Crippen LogP contribution in [0.5, 0.6) is 5.75 Å². The van der Waals surface area contributed by atoms with Crippen molar-refractivity contribution in [3.8, 4) is 5.75 Å². The second-order valence-electron chi connectivity index (χ2n) is 4.59. The number of carbonyl (C=O) groups is 1. The van der Waals surface area contributed by atoms with E-state index in [9.17, 15) is 4.79 Å². The zero-order chi connectivity index (χ0) is 15.8. The van der Waals surface area contributed by atoms with E-state index < -0.39 is 0 Å². The number of hydrogen-bond acceptors (Lipinski definition) is 3. The van der Waals surface area contributed by atoms with Crippen LogP contribution in [-0.4, -0.2) is 18.7 Å². The molecule has 0 spiro atoms. The van der Waals surface area contributed by atoms with E-state index in [1.54, 1.807) is 30.5 Å². The molecule has 0 aliphatic carbocycles. The normalized spacial score (nSPS) is 10.6. The van der Waals surface area contributed by atoms with E-state index in [0.717, 1.165) is 21.3 Å². The Labute approximate surface area is 143 Å². The number of benzene rings is 2. The quantitative estimate of drug-likeness (QED) is 0.449.